The summed E-state index contributed by atoms with van der Waals surface area (Å²) < 4.78 is 7.07. The molecule has 0 bridgehead atoms. The van der Waals surface area contributed by atoms with Crippen LogP contribution in [0.3, 0.4) is 0 Å². The summed E-state index contributed by atoms with van der Waals surface area (Å²) in [4.78, 5) is 16.5. The number of nitrogens with zero attached hydrogens (tertiary/aromatic N) is 4. The van der Waals surface area contributed by atoms with Gasteiger partial charge in [0.05, 0.1) is 5.75 Å². The Kier molecular flexibility index (Phi) is 5.90. The van der Waals surface area contributed by atoms with E-state index in [1.165, 1.54) is 16.4 Å². The molecule has 150 valence electrons. The molecular formula is C21H18N6O2S. The molecule has 0 saturated heterocycles. The number of thioether (sulfide) groups is 1. The van der Waals surface area contributed by atoms with Gasteiger partial charge in [0.2, 0.25) is 16.9 Å². The Morgan fingerprint density at radius 2 is 1.70 bits per heavy atom. The Labute approximate surface area is 177 Å². The third kappa shape index (κ3) is 4.76. The number of nitrogens with two attached hydrogens (primary N) is 1. The van der Waals surface area contributed by atoms with E-state index >= 15 is 0 Å². The van der Waals surface area contributed by atoms with Gasteiger partial charge in [-0.25, -0.2) is 4.68 Å². The van der Waals surface area contributed by atoms with E-state index in [4.69, 9.17) is 10.6 Å². The summed E-state index contributed by atoms with van der Waals surface area (Å²) in [6, 6.07) is 22.1. The van der Waals surface area contributed by atoms with E-state index in [0.29, 0.717) is 28.1 Å². The average Bonchev–Trinajstić information content (AvgIpc) is 3.15. The monoisotopic (exact) mass is 418 g/mol. The highest BCUT2D eigenvalue weighted by atomic mass is 32.2. The standard InChI is InChI=1S/C21H18N6O2S/c22-27-20(18-8-4-5-13-23-18)25-26-21(27)30-14-19(28)24-15-9-11-17(12-10-15)29-16-6-2-1-3-7-16/h1-13H,14,22H2,(H,24,28). The highest BCUT2D eigenvalue weighted by molar-refractivity contribution is 7.99. The van der Waals surface area contributed by atoms with E-state index in [9.17, 15) is 4.79 Å². The first-order chi connectivity index (χ1) is 14.7. The maximum absolute atomic E-state index is 12.3. The maximum atomic E-state index is 12.3. The number of carbonyl (C=O) groups is 1. The second-order valence-electron chi connectivity index (χ2n) is 6.17. The molecule has 8 nitrogen and oxygen atoms in total. The molecule has 0 radical (unpaired) electrons. The van der Waals surface area contributed by atoms with Gasteiger partial charge >= 0.3 is 0 Å². The zero-order chi connectivity index (χ0) is 20.8. The van der Waals surface area contributed by atoms with Gasteiger partial charge in [0.1, 0.15) is 17.2 Å². The molecule has 2 aromatic carbocycles. The van der Waals surface area contributed by atoms with Crippen LogP contribution in [0, 0.1) is 0 Å². The van der Waals surface area contributed by atoms with Gasteiger partial charge in [0.15, 0.2) is 0 Å². The van der Waals surface area contributed by atoms with Gasteiger partial charge in [0.25, 0.3) is 0 Å². The molecule has 3 N–H and O–H groups in total. The lowest BCUT2D eigenvalue weighted by molar-refractivity contribution is -0.113. The number of anilines is 1. The van der Waals surface area contributed by atoms with Gasteiger partial charge in [-0.3, -0.25) is 9.78 Å². The molecule has 0 fully saturated rings. The van der Waals surface area contributed by atoms with Crippen molar-refractivity contribution in [1.29, 1.82) is 0 Å². The minimum absolute atomic E-state index is 0.139. The smallest absolute Gasteiger partial charge is 0.234 e. The number of carbonyl (C=O) groups excluding carboxylic acids is 1. The first kappa shape index (κ1) is 19.5. The number of nitrogen functional groups attached to an aromatic ring is 1. The number of hydrogen-bond acceptors (Lipinski definition) is 7. The molecule has 4 rings (SSSR count). The molecular weight excluding hydrogens is 400 g/mol. The van der Waals surface area contributed by atoms with Crippen molar-refractivity contribution in [3.05, 3.63) is 79.0 Å². The first-order valence-corrected chi connectivity index (χ1v) is 10.0. The summed E-state index contributed by atoms with van der Waals surface area (Å²) >= 11 is 1.19. The van der Waals surface area contributed by atoms with Gasteiger partial charge < -0.3 is 15.9 Å². The number of aromatic nitrogens is 4. The highest BCUT2D eigenvalue weighted by Gasteiger charge is 2.14. The van der Waals surface area contributed by atoms with E-state index < -0.39 is 0 Å². The normalized spacial score (nSPS) is 10.5. The highest BCUT2D eigenvalue weighted by Crippen LogP contribution is 2.23. The summed E-state index contributed by atoms with van der Waals surface area (Å²) in [5.41, 5.74) is 1.28. The molecule has 9 heteroatoms. The molecule has 0 spiro atoms. The minimum Gasteiger partial charge on any atom is -0.457 e. The predicted molar refractivity (Wildman–Crippen MR) is 116 cm³/mol. The second kappa shape index (κ2) is 9.10. The number of nitrogens with one attached hydrogen (secondary N) is 1. The lowest BCUT2D eigenvalue weighted by Crippen LogP contribution is -2.16. The summed E-state index contributed by atoms with van der Waals surface area (Å²) in [5.74, 6) is 7.87. The molecule has 30 heavy (non-hydrogen) atoms. The quantitative estimate of drug-likeness (QED) is 0.349. The van der Waals surface area contributed by atoms with Crippen LogP contribution in [0.25, 0.3) is 11.5 Å². The van der Waals surface area contributed by atoms with E-state index in [0.717, 1.165) is 5.75 Å². The van der Waals surface area contributed by atoms with Crippen LogP contribution < -0.4 is 15.9 Å². The van der Waals surface area contributed by atoms with Crippen LogP contribution in [-0.4, -0.2) is 31.5 Å². The number of para-hydroxylation sites is 1. The van der Waals surface area contributed by atoms with Crippen LogP contribution in [0.5, 0.6) is 11.5 Å². The molecule has 4 aromatic rings. The fourth-order valence-corrected chi connectivity index (χ4v) is 3.26. The number of rotatable bonds is 7. The molecule has 0 unspecified atom stereocenters. The van der Waals surface area contributed by atoms with Crippen LogP contribution in [0.4, 0.5) is 5.69 Å². The second-order valence-corrected chi connectivity index (χ2v) is 7.11. The molecule has 0 atom stereocenters. The Morgan fingerprint density at radius 3 is 2.43 bits per heavy atom. The van der Waals surface area contributed by atoms with Crippen molar-refractivity contribution in [2.75, 3.05) is 16.9 Å². The Bertz CT molecular complexity index is 1120. The molecule has 2 aromatic heterocycles. The summed E-state index contributed by atoms with van der Waals surface area (Å²) in [6.07, 6.45) is 1.65. The van der Waals surface area contributed by atoms with Gasteiger partial charge in [0, 0.05) is 11.9 Å². The third-order valence-electron chi connectivity index (χ3n) is 4.01. The van der Waals surface area contributed by atoms with Crippen molar-refractivity contribution in [2.24, 2.45) is 0 Å². The van der Waals surface area contributed by atoms with Crippen LogP contribution in [0.15, 0.2) is 84.1 Å². The number of pyridine rings is 1. The van der Waals surface area contributed by atoms with Crippen molar-refractivity contribution >= 4 is 23.4 Å². The number of benzene rings is 2. The Morgan fingerprint density at radius 1 is 0.967 bits per heavy atom. The van der Waals surface area contributed by atoms with Crippen LogP contribution in [0.2, 0.25) is 0 Å². The zero-order valence-electron chi connectivity index (χ0n) is 15.8. The topological polar surface area (TPSA) is 108 Å². The SMILES string of the molecule is Nn1c(SCC(=O)Nc2ccc(Oc3ccccc3)cc2)nnc1-c1ccccn1. The van der Waals surface area contributed by atoms with Crippen molar-refractivity contribution in [3.8, 4) is 23.0 Å². The minimum atomic E-state index is -0.181. The third-order valence-corrected chi connectivity index (χ3v) is 4.95. The Hall–Kier alpha value is -3.85. The van der Waals surface area contributed by atoms with E-state index in [1.54, 1.807) is 42.6 Å². The van der Waals surface area contributed by atoms with Crippen LogP contribution in [0.1, 0.15) is 0 Å². The van der Waals surface area contributed by atoms with Crippen molar-refractivity contribution in [1.82, 2.24) is 19.9 Å². The Balaban J connectivity index is 1.31. The molecule has 2 heterocycles. The molecule has 0 aliphatic heterocycles. The number of amides is 1. The summed E-state index contributed by atoms with van der Waals surface area (Å²) in [5, 5.41) is 11.4. The van der Waals surface area contributed by atoms with E-state index in [1.807, 2.05) is 36.4 Å². The fourth-order valence-electron chi connectivity index (χ4n) is 2.60. The van der Waals surface area contributed by atoms with Crippen molar-refractivity contribution in [2.45, 2.75) is 5.16 Å². The van der Waals surface area contributed by atoms with Crippen LogP contribution >= 0.6 is 11.8 Å². The average molecular weight is 418 g/mol. The van der Waals surface area contributed by atoms with Gasteiger partial charge in [-0.1, -0.05) is 36.0 Å². The number of hydrogen-bond donors (Lipinski definition) is 2. The van der Waals surface area contributed by atoms with Gasteiger partial charge in [-0.2, -0.15) is 0 Å². The summed E-state index contributed by atoms with van der Waals surface area (Å²) in [7, 11) is 0. The van der Waals surface area contributed by atoms with Crippen molar-refractivity contribution in [3.63, 3.8) is 0 Å². The van der Waals surface area contributed by atoms with Crippen LogP contribution in [-0.2, 0) is 4.79 Å². The molecule has 0 saturated carbocycles. The molecule has 0 aliphatic rings. The lowest BCUT2D eigenvalue weighted by atomic mass is 10.3. The zero-order valence-corrected chi connectivity index (χ0v) is 16.6. The lowest BCUT2D eigenvalue weighted by Gasteiger charge is -2.08. The van der Waals surface area contributed by atoms with E-state index in [2.05, 4.69) is 20.5 Å². The first-order valence-electron chi connectivity index (χ1n) is 9.06. The van der Waals surface area contributed by atoms with Gasteiger partial charge in [-0.05, 0) is 48.5 Å². The predicted octanol–water partition coefficient (Wildman–Crippen LogP) is 3.58. The number of ether oxygens (including phenoxy) is 1. The van der Waals surface area contributed by atoms with Crippen molar-refractivity contribution < 1.29 is 9.53 Å². The van der Waals surface area contributed by atoms with Gasteiger partial charge in [-0.15, -0.1) is 10.2 Å². The van der Waals surface area contributed by atoms with E-state index in [-0.39, 0.29) is 11.7 Å². The fraction of sp³-hybridized carbons (Fsp3) is 0.0476. The maximum Gasteiger partial charge on any atom is 0.234 e. The molecule has 1 amide bonds. The largest absolute Gasteiger partial charge is 0.457 e. The molecule has 0 aliphatic carbocycles. The summed E-state index contributed by atoms with van der Waals surface area (Å²) in [6.45, 7) is 0.